The zero-order valence-corrected chi connectivity index (χ0v) is 18.8. The zero-order valence-electron chi connectivity index (χ0n) is 18.0. The molecule has 1 amide bonds. The van der Waals surface area contributed by atoms with Crippen LogP contribution in [0.5, 0.6) is 0 Å². The summed E-state index contributed by atoms with van der Waals surface area (Å²) in [5.74, 6) is -0.341. The van der Waals surface area contributed by atoms with Crippen molar-refractivity contribution in [1.29, 1.82) is 0 Å². The molecule has 5 rings (SSSR count). The summed E-state index contributed by atoms with van der Waals surface area (Å²) in [6.07, 6.45) is 2.58. The van der Waals surface area contributed by atoms with Gasteiger partial charge in [0.2, 0.25) is 0 Å². The van der Waals surface area contributed by atoms with E-state index in [1.54, 1.807) is 37.6 Å². The Bertz CT molecular complexity index is 1640. The fourth-order valence-electron chi connectivity index (χ4n) is 3.86. The molecule has 0 radical (unpaired) electrons. The number of halogens is 2. The summed E-state index contributed by atoms with van der Waals surface area (Å²) >= 11 is 6.00. The van der Waals surface area contributed by atoms with Crippen LogP contribution in [0.2, 0.25) is 5.02 Å². The fourth-order valence-corrected chi connectivity index (χ4v) is 4.03. The van der Waals surface area contributed by atoms with E-state index < -0.39 is 17.6 Å². The van der Waals surface area contributed by atoms with Crippen molar-refractivity contribution >= 4 is 45.4 Å². The van der Waals surface area contributed by atoms with Crippen LogP contribution >= 0.6 is 11.6 Å². The van der Waals surface area contributed by atoms with Gasteiger partial charge in [0.1, 0.15) is 5.82 Å². The Morgan fingerprint density at radius 1 is 1.09 bits per heavy atom. The first-order chi connectivity index (χ1) is 16.4. The molecule has 3 aromatic heterocycles. The largest absolute Gasteiger partial charge is 0.453 e. The molecule has 34 heavy (non-hydrogen) atoms. The number of aromatic nitrogens is 4. The number of hydrogen-bond acceptors (Lipinski definition) is 5. The van der Waals surface area contributed by atoms with Crippen LogP contribution < -0.4 is 11.0 Å². The maximum Gasteiger partial charge on any atom is 0.412 e. The number of imidazole rings is 1. The van der Waals surface area contributed by atoms with E-state index in [0.717, 1.165) is 11.1 Å². The van der Waals surface area contributed by atoms with E-state index in [0.29, 0.717) is 27.8 Å². The van der Waals surface area contributed by atoms with Gasteiger partial charge in [-0.1, -0.05) is 23.7 Å². The van der Waals surface area contributed by atoms with Crippen molar-refractivity contribution in [2.45, 2.75) is 0 Å². The first-order valence-corrected chi connectivity index (χ1v) is 10.5. The summed E-state index contributed by atoms with van der Waals surface area (Å²) < 4.78 is 22.2. The lowest BCUT2D eigenvalue weighted by molar-refractivity contribution is 0.187. The Morgan fingerprint density at radius 2 is 1.88 bits per heavy atom. The van der Waals surface area contributed by atoms with E-state index in [1.807, 2.05) is 18.2 Å². The summed E-state index contributed by atoms with van der Waals surface area (Å²) in [4.78, 5) is 33.2. The molecule has 170 valence electrons. The van der Waals surface area contributed by atoms with Gasteiger partial charge in [0.25, 0.3) is 0 Å². The second kappa shape index (κ2) is 8.27. The van der Waals surface area contributed by atoms with Gasteiger partial charge in [0.05, 0.1) is 40.6 Å². The fraction of sp³-hybridized carbons (Fsp3) is 0.0833. The number of hydrogen-bond donors (Lipinski definition) is 1. The van der Waals surface area contributed by atoms with Gasteiger partial charge in [0.15, 0.2) is 5.82 Å². The predicted octanol–water partition coefficient (Wildman–Crippen LogP) is 4.91. The van der Waals surface area contributed by atoms with Gasteiger partial charge in [-0.05, 0) is 42.0 Å². The lowest BCUT2D eigenvalue weighted by Gasteiger charge is -2.09. The Hall–Kier alpha value is -4.24. The minimum atomic E-state index is -0.683. The van der Waals surface area contributed by atoms with Crippen molar-refractivity contribution in [3.63, 3.8) is 0 Å². The minimum Gasteiger partial charge on any atom is -0.453 e. The third kappa shape index (κ3) is 3.46. The molecule has 0 saturated carbocycles. The number of amides is 1. The number of ether oxygens (including phenoxy) is 1. The van der Waals surface area contributed by atoms with E-state index in [1.165, 1.54) is 28.4 Å². The van der Waals surface area contributed by atoms with Gasteiger partial charge in [-0.2, -0.15) is 0 Å². The standard InChI is InChI=1S/C24H17ClFN5O3/c1-30-19-12-27-17-8-6-13(14-7-9-20(28-11-14)29-23(32)34-2)10-15(17)22(19)31(24(30)33)18-5-3-4-16(25)21(18)26/h3-12H,1-2H3,(H,28,29,32). The summed E-state index contributed by atoms with van der Waals surface area (Å²) in [5, 5.41) is 3.08. The maximum atomic E-state index is 14.9. The van der Waals surface area contributed by atoms with E-state index in [4.69, 9.17) is 11.6 Å². The van der Waals surface area contributed by atoms with Crippen LogP contribution in [-0.2, 0) is 11.8 Å². The first-order valence-electron chi connectivity index (χ1n) is 10.1. The van der Waals surface area contributed by atoms with Crippen LogP contribution in [-0.4, -0.2) is 32.3 Å². The lowest BCUT2D eigenvalue weighted by atomic mass is 10.0. The highest BCUT2D eigenvalue weighted by Crippen LogP contribution is 2.31. The number of benzene rings is 2. The monoisotopic (exact) mass is 477 g/mol. The van der Waals surface area contributed by atoms with E-state index in [2.05, 4.69) is 20.0 Å². The summed E-state index contributed by atoms with van der Waals surface area (Å²) in [6, 6.07) is 13.5. The number of methoxy groups -OCH3 is 1. The van der Waals surface area contributed by atoms with Crippen molar-refractivity contribution in [1.82, 2.24) is 19.1 Å². The normalized spacial score (nSPS) is 11.2. The van der Waals surface area contributed by atoms with E-state index >= 15 is 0 Å². The molecule has 0 aliphatic rings. The minimum absolute atomic E-state index is 0.0564. The number of anilines is 1. The number of carbonyl (C=O) groups is 1. The highest BCUT2D eigenvalue weighted by Gasteiger charge is 2.20. The van der Waals surface area contributed by atoms with Crippen molar-refractivity contribution in [3.8, 4) is 16.8 Å². The highest BCUT2D eigenvalue weighted by molar-refractivity contribution is 6.31. The van der Waals surface area contributed by atoms with Crippen molar-refractivity contribution in [2.75, 3.05) is 12.4 Å². The Kier molecular flexibility index (Phi) is 5.25. The number of carbonyl (C=O) groups excluding carboxylic acids is 1. The molecule has 0 bridgehead atoms. The summed E-state index contributed by atoms with van der Waals surface area (Å²) in [7, 11) is 2.88. The second-order valence-electron chi connectivity index (χ2n) is 7.52. The number of pyridine rings is 2. The van der Waals surface area contributed by atoms with Crippen molar-refractivity contribution in [2.24, 2.45) is 7.05 Å². The predicted molar refractivity (Wildman–Crippen MR) is 128 cm³/mol. The highest BCUT2D eigenvalue weighted by atomic mass is 35.5. The van der Waals surface area contributed by atoms with Crippen LogP contribution in [0, 0.1) is 5.82 Å². The number of fused-ring (bicyclic) bond motifs is 3. The lowest BCUT2D eigenvalue weighted by Crippen LogP contribution is -2.21. The van der Waals surface area contributed by atoms with E-state index in [-0.39, 0.29) is 10.7 Å². The average Bonchev–Trinajstić information content (AvgIpc) is 3.11. The molecular formula is C24H17ClFN5O3. The molecule has 2 aromatic carbocycles. The van der Waals surface area contributed by atoms with Crippen LogP contribution in [0.25, 0.3) is 38.8 Å². The Morgan fingerprint density at radius 3 is 2.62 bits per heavy atom. The van der Waals surface area contributed by atoms with Gasteiger partial charge >= 0.3 is 11.8 Å². The molecule has 3 heterocycles. The van der Waals surface area contributed by atoms with Gasteiger partial charge in [-0.25, -0.2) is 19.0 Å². The summed E-state index contributed by atoms with van der Waals surface area (Å²) in [5.41, 5.74) is 2.90. The number of nitrogens with one attached hydrogen (secondary N) is 1. The quantitative estimate of drug-likeness (QED) is 0.398. The van der Waals surface area contributed by atoms with Gasteiger partial charge in [-0.15, -0.1) is 0 Å². The zero-order chi connectivity index (χ0) is 24.0. The molecule has 0 unspecified atom stereocenters. The molecule has 0 spiro atoms. The SMILES string of the molecule is COC(=O)Nc1ccc(-c2ccc3ncc4c(c3c2)n(-c2cccc(Cl)c2F)c(=O)n4C)cn1. The molecule has 0 aliphatic heterocycles. The molecule has 1 N–H and O–H groups in total. The second-order valence-corrected chi connectivity index (χ2v) is 7.93. The number of aryl methyl sites for hydroxylation is 1. The molecule has 0 atom stereocenters. The van der Waals surface area contributed by atoms with Crippen LogP contribution in [0.1, 0.15) is 0 Å². The maximum absolute atomic E-state index is 14.9. The average molecular weight is 478 g/mol. The molecule has 5 aromatic rings. The number of rotatable bonds is 3. The van der Waals surface area contributed by atoms with Crippen LogP contribution in [0.4, 0.5) is 15.0 Å². The van der Waals surface area contributed by atoms with Gasteiger partial charge in [0, 0.05) is 24.2 Å². The smallest absolute Gasteiger partial charge is 0.412 e. The third-order valence-electron chi connectivity index (χ3n) is 5.57. The Labute approximate surface area is 197 Å². The molecule has 0 saturated heterocycles. The molecule has 0 aliphatic carbocycles. The summed E-state index contributed by atoms with van der Waals surface area (Å²) in [6.45, 7) is 0. The van der Waals surface area contributed by atoms with E-state index in [9.17, 15) is 14.0 Å². The molecule has 8 nitrogen and oxygen atoms in total. The molecular weight excluding hydrogens is 461 g/mol. The van der Waals surface area contributed by atoms with Gasteiger partial charge < -0.3 is 4.74 Å². The van der Waals surface area contributed by atoms with Crippen molar-refractivity contribution < 1.29 is 13.9 Å². The van der Waals surface area contributed by atoms with Crippen molar-refractivity contribution in [3.05, 3.63) is 82.2 Å². The number of nitrogens with zero attached hydrogens (tertiary/aromatic N) is 4. The van der Waals surface area contributed by atoms with Gasteiger partial charge in [-0.3, -0.25) is 19.4 Å². The third-order valence-corrected chi connectivity index (χ3v) is 5.86. The molecule has 0 fully saturated rings. The first kappa shape index (κ1) is 21.6. The topological polar surface area (TPSA) is 91.0 Å². The molecule has 10 heteroatoms. The van der Waals surface area contributed by atoms with Crippen LogP contribution in [0.3, 0.4) is 0 Å². The van der Waals surface area contributed by atoms with Crippen LogP contribution in [0.15, 0.2) is 65.7 Å². The Balaban J connectivity index is 1.73.